The molecule has 0 saturated carbocycles. The molecule has 0 spiro atoms. The van der Waals surface area contributed by atoms with Crippen LogP contribution in [0, 0.1) is 5.92 Å². The summed E-state index contributed by atoms with van der Waals surface area (Å²) in [5.74, 6) is 0.812. The van der Waals surface area contributed by atoms with Crippen molar-refractivity contribution in [3.8, 4) is 0 Å². The number of piperidine rings is 1. The van der Waals surface area contributed by atoms with Crippen molar-refractivity contribution in [2.45, 2.75) is 39.2 Å². The molecule has 1 saturated heterocycles. The fraction of sp³-hybridized carbons (Fsp3) is 0.600. The molecule has 2 aliphatic rings. The molecule has 5 nitrogen and oxygen atoms in total. The highest BCUT2D eigenvalue weighted by Gasteiger charge is 2.29. The number of carbonyl (C=O) groups excluding carboxylic acids is 1. The molecule has 0 aliphatic carbocycles. The van der Waals surface area contributed by atoms with Crippen molar-refractivity contribution >= 4 is 16.8 Å². The van der Waals surface area contributed by atoms with Gasteiger partial charge in [-0.3, -0.25) is 9.48 Å². The lowest BCUT2D eigenvalue weighted by molar-refractivity contribution is 0.0705. The van der Waals surface area contributed by atoms with Crippen LogP contribution in [0.2, 0.25) is 0 Å². The Morgan fingerprint density at radius 1 is 1.20 bits per heavy atom. The van der Waals surface area contributed by atoms with Crippen molar-refractivity contribution in [1.82, 2.24) is 19.6 Å². The van der Waals surface area contributed by atoms with Crippen LogP contribution < -0.4 is 0 Å². The smallest absolute Gasteiger partial charge is 0.254 e. The van der Waals surface area contributed by atoms with Gasteiger partial charge in [0.15, 0.2) is 0 Å². The molecule has 0 radical (unpaired) electrons. The Hall–Kier alpha value is -1.88. The Balaban J connectivity index is 1.64. The third-order valence-corrected chi connectivity index (χ3v) is 5.75. The van der Waals surface area contributed by atoms with Gasteiger partial charge < -0.3 is 9.80 Å². The van der Waals surface area contributed by atoms with E-state index in [2.05, 4.69) is 41.4 Å². The highest BCUT2D eigenvalue weighted by molar-refractivity contribution is 6.08. The molecule has 134 valence electrons. The van der Waals surface area contributed by atoms with Gasteiger partial charge in [0.2, 0.25) is 0 Å². The molecular weight excluding hydrogens is 312 g/mol. The number of rotatable bonds is 3. The van der Waals surface area contributed by atoms with E-state index in [9.17, 15) is 4.79 Å². The molecule has 3 heterocycles. The van der Waals surface area contributed by atoms with Crippen LogP contribution in [0.25, 0.3) is 10.9 Å². The molecule has 1 fully saturated rings. The summed E-state index contributed by atoms with van der Waals surface area (Å²) < 4.78 is 2.06. The van der Waals surface area contributed by atoms with Gasteiger partial charge in [0.1, 0.15) is 0 Å². The number of likely N-dealkylation sites (tertiary alicyclic amines) is 1. The van der Waals surface area contributed by atoms with Crippen LogP contribution in [-0.2, 0) is 6.42 Å². The monoisotopic (exact) mass is 340 g/mol. The SMILES string of the molecule is CC(C)n1nc2c3c(cccc31)C(=O)N(CC1CCN(C)CC1)CC2. The van der Waals surface area contributed by atoms with E-state index in [0.717, 1.165) is 54.8 Å². The van der Waals surface area contributed by atoms with Crippen LogP contribution in [0.3, 0.4) is 0 Å². The van der Waals surface area contributed by atoms with E-state index >= 15 is 0 Å². The normalized spacial score (nSPS) is 19.8. The molecule has 2 aliphatic heterocycles. The van der Waals surface area contributed by atoms with Gasteiger partial charge in [0, 0.05) is 30.9 Å². The van der Waals surface area contributed by atoms with E-state index in [-0.39, 0.29) is 5.91 Å². The van der Waals surface area contributed by atoms with E-state index in [4.69, 9.17) is 5.10 Å². The third kappa shape index (κ3) is 2.95. The lowest BCUT2D eigenvalue weighted by Crippen LogP contribution is -2.40. The van der Waals surface area contributed by atoms with Gasteiger partial charge in [-0.25, -0.2) is 0 Å². The molecule has 2 aromatic rings. The number of hydrogen-bond donors (Lipinski definition) is 0. The number of hydrogen-bond acceptors (Lipinski definition) is 3. The summed E-state index contributed by atoms with van der Waals surface area (Å²) in [6.07, 6.45) is 3.23. The average Bonchev–Trinajstić information content (AvgIpc) is 2.92. The maximum absolute atomic E-state index is 13.2. The standard InChI is InChI=1S/C20H28N4O/c1-14(2)24-18-6-4-5-16-19(18)17(21-24)9-12-23(20(16)25)13-15-7-10-22(3)11-8-15/h4-6,14-15H,7-13H2,1-3H3. The van der Waals surface area contributed by atoms with Gasteiger partial charge in [-0.2, -0.15) is 5.10 Å². The first kappa shape index (κ1) is 16.6. The first-order valence-electron chi connectivity index (χ1n) is 9.52. The molecule has 0 unspecified atom stereocenters. The van der Waals surface area contributed by atoms with E-state index < -0.39 is 0 Å². The topological polar surface area (TPSA) is 41.4 Å². The molecule has 1 amide bonds. The number of nitrogens with zero attached hydrogens (tertiary/aromatic N) is 4. The maximum Gasteiger partial charge on any atom is 0.254 e. The fourth-order valence-electron chi connectivity index (χ4n) is 4.26. The Kier molecular flexibility index (Phi) is 4.28. The minimum Gasteiger partial charge on any atom is -0.338 e. The van der Waals surface area contributed by atoms with Gasteiger partial charge in [0.05, 0.1) is 16.8 Å². The zero-order valence-corrected chi connectivity index (χ0v) is 15.5. The van der Waals surface area contributed by atoms with Crippen LogP contribution in [0.15, 0.2) is 18.2 Å². The van der Waals surface area contributed by atoms with Crippen molar-refractivity contribution in [3.05, 3.63) is 29.5 Å². The van der Waals surface area contributed by atoms with E-state index in [1.54, 1.807) is 0 Å². The van der Waals surface area contributed by atoms with Crippen LogP contribution in [0.1, 0.15) is 48.8 Å². The van der Waals surface area contributed by atoms with Gasteiger partial charge in [-0.05, 0) is 64.9 Å². The summed E-state index contributed by atoms with van der Waals surface area (Å²) in [4.78, 5) is 17.7. The number of benzene rings is 1. The van der Waals surface area contributed by atoms with Crippen LogP contribution >= 0.6 is 0 Å². The predicted molar refractivity (Wildman–Crippen MR) is 99.9 cm³/mol. The van der Waals surface area contributed by atoms with E-state index in [1.807, 2.05) is 12.1 Å². The van der Waals surface area contributed by atoms with Crippen molar-refractivity contribution in [1.29, 1.82) is 0 Å². The second kappa shape index (κ2) is 6.45. The Labute approximate surface area is 149 Å². The highest BCUT2D eigenvalue weighted by Crippen LogP contribution is 2.30. The zero-order chi connectivity index (χ0) is 17.6. The fourth-order valence-corrected chi connectivity index (χ4v) is 4.26. The predicted octanol–water partition coefficient (Wildman–Crippen LogP) is 2.96. The molecule has 1 aromatic carbocycles. The van der Waals surface area contributed by atoms with Crippen molar-refractivity contribution < 1.29 is 4.79 Å². The quantitative estimate of drug-likeness (QED) is 0.863. The summed E-state index contributed by atoms with van der Waals surface area (Å²) in [5, 5.41) is 5.91. The summed E-state index contributed by atoms with van der Waals surface area (Å²) in [7, 11) is 2.18. The summed E-state index contributed by atoms with van der Waals surface area (Å²) >= 11 is 0. The lowest BCUT2D eigenvalue weighted by atomic mass is 9.96. The number of carbonyl (C=O) groups is 1. The van der Waals surface area contributed by atoms with Gasteiger partial charge in [-0.1, -0.05) is 6.07 Å². The van der Waals surface area contributed by atoms with Gasteiger partial charge in [0.25, 0.3) is 5.91 Å². The maximum atomic E-state index is 13.2. The minimum absolute atomic E-state index is 0.187. The van der Waals surface area contributed by atoms with Crippen LogP contribution in [-0.4, -0.2) is 58.7 Å². The Morgan fingerprint density at radius 3 is 2.68 bits per heavy atom. The molecule has 25 heavy (non-hydrogen) atoms. The Bertz CT molecular complexity index is 786. The average molecular weight is 340 g/mol. The first-order chi connectivity index (χ1) is 12.0. The van der Waals surface area contributed by atoms with Crippen molar-refractivity contribution in [3.63, 3.8) is 0 Å². The van der Waals surface area contributed by atoms with Gasteiger partial charge in [-0.15, -0.1) is 0 Å². The third-order valence-electron chi connectivity index (χ3n) is 5.75. The summed E-state index contributed by atoms with van der Waals surface area (Å²) in [6, 6.07) is 6.37. The second-order valence-electron chi connectivity index (χ2n) is 7.93. The lowest BCUT2D eigenvalue weighted by Gasteiger charge is -2.32. The molecule has 4 rings (SSSR count). The van der Waals surface area contributed by atoms with Gasteiger partial charge >= 0.3 is 0 Å². The zero-order valence-electron chi connectivity index (χ0n) is 15.5. The molecule has 5 heteroatoms. The Morgan fingerprint density at radius 2 is 1.96 bits per heavy atom. The van der Waals surface area contributed by atoms with Crippen LogP contribution in [0.5, 0.6) is 0 Å². The largest absolute Gasteiger partial charge is 0.338 e. The first-order valence-corrected chi connectivity index (χ1v) is 9.52. The van der Waals surface area contributed by atoms with Crippen LogP contribution in [0.4, 0.5) is 0 Å². The molecular formula is C20H28N4O. The highest BCUT2D eigenvalue weighted by atomic mass is 16.2. The van der Waals surface area contributed by atoms with E-state index in [0.29, 0.717) is 12.0 Å². The molecule has 0 N–H and O–H groups in total. The molecule has 0 bridgehead atoms. The summed E-state index contributed by atoms with van der Waals surface area (Å²) in [5.41, 5.74) is 3.01. The van der Waals surface area contributed by atoms with Crippen molar-refractivity contribution in [2.75, 3.05) is 33.2 Å². The number of aromatic nitrogens is 2. The van der Waals surface area contributed by atoms with E-state index in [1.165, 1.54) is 12.8 Å². The molecule has 0 atom stereocenters. The van der Waals surface area contributed by atoms with Crippen molar-refractivity contribution in [2.24, 2.45) is 5.92 Å². The minimum atomic E-state index is 0.187. The summed E-state index contributed by atoms with van der Waals surface area (Å²) in [6.45, 7) is 8.24. The molecule has 1 aromatic heterocycles. The second-order valence-corrected chi connectivity index (χ2v) is 7.93. The number of amides is 1.